The highest BCUT2D eigenvalue weighted by atomic mass is 16.7. The largest absolute Gasteiger partial charge is 0.545 e. The lowest BCUT2D eigenvalue weighted by Crippen LogP contribution is -2.44. The zero-order valence-corrected chi connectivity index (χ0v) is 55.7. The number of rotatable bonds is 64. The van der Waals surface area contributed by atoms with Gasteiger partial charge in [0, 0.05) is 12.8 Å². The smallest absolute Gasteiger partial charge is 0.306 e. The molecular weight excluding hydrogens is 1050 g/mol. The summed E-state index contributed by atoms with van der Waals surface area (Å²) in [6, 6.07) is 0. The van der Waals surface area contributed by atoms with Crippen LogP contribution in [0.25, 0.3) is 0 Å². The minimum absolute atomic E-state index is 0.144. The number of carbonyl (C=O) groups is 3. The normalized spacial score (nSPS) is 13.4. The van der Waals surface area contributed by atoms with Crippen LogP contribution in [0.15, 0.2) is 109 Å². The monoisotopic (exact) mass is 1190 g/mol. The van der Waals surface area contributed by atoms with Crippen molar-refractivity contribution in [3.63, 3.8) is 0 Å². The Kier molecular flexibility index (Phi) is 62.8. The van der Waals surface area contributed by atoms with E-state index in [0.717, 1.165) is 89.9 Å². The Bertz CT molecular complexity index is 1760. The predicted molar refractivity (Wildman–Crippen MR) is 361 cm³/mol. The number of nitrogens with zero attached hydrogens (tertiary/aromatic N) is 1. The number of ether oxygens (including phenoxy) is 4. The number of carbonyl (C=O) groups excluding carboxylic acids is 3. The third-order valence-corrected chi connectivity index (χ3v) is 15.0. The highest BCUT2D eigenvalue weighted by molar-refractivity contribution is 5.70. The lowest BCUT2D eigenvalue weighted by molar-refractivity contribution is -0.870. The second-order valence-corrected chi connectivity index (χ2v) is 24.4. The van der Waals surface area contributed by atoms with Crippen molar-refractivity contribution in [1.82, 2.24) is 0 Å². The van der Waals surface area contributed by atoms with Gasteiger partial charge in [0.2, 0.25) is 0 Å². The summed E-state index contributed by atoms with van der Waals surface area (Å²) < 4.78 is 22.8. The molecule has 9 nitrogen and oxygen atoms in total. The molecule has 0 aromatic heterocycles. The van der Waals surface area contributed by atoms with Crippen LogP contribution >= 0.6 is 0 Å². The third kappa shape index (κ3) is 67.3. The minimum Gasteiger partial charge on any atom is -0.545 e. The zero-order chi connectivity index (χ0) is 61.9. The maximum Gasteiger partial charge on any atom is 0.306 e. The second kappa shape index (κ2) is 65.9. The van der Waals surface area contributed by atoms with Gasteiger partial charge >= 0.3 is 11.9 Å². The van der Waals surface area contributed by atoms with Crippen LogP contribution < -0.4 is 5.11 Å². The van der Waals surface area contributed by atoms with E-state index in [4.69, 9.17) is 18.9 Å². The number of aliphatic carboxylic acids is 1. The lowest BCUT2D eigenvalue weighted by Gasteiger charge is -2.26. The van der Waals surface area contributed by atoms with Crippen LogP contribution in [0, 0.1) is 0 Å². The summed E-state index contributed by atoms with van der Waals surface area (Å²) in [6.07, 6.45) is 88.7. The molecule has 2 atom stereocenters. The fourth-order valence-electron chi connectivity index (χ4n) is 9.67. The van der Waals surface area contributed by atoms with Gasteiger partial charge in [-0.2, -0.15) is 0 Å². The number of carboxylic acids is 1. The highest BCUT2D eigenvalue weighted by Gasteiger charge is 2.22. The van der Waals surface area contributed by atoms with Gasteiger partial charge in [0.15, 0.2) is 12.4 Å². The molecule has 0 N–H and O–H groups in total. The van der Waals surface area contributed by atoms with E-state index in [1.54, 1.807) is 0 Å². The van der Waals surface area contributed by atoms with Gasteiger partial charge in [-0.1, -0.05) is 290 Å². The summed E-state index contributed by atoms with van der Waals surface area (Å²) in [7, 11) is 5.93. The summed E-state index contributed by atoms with van der Waals surface area (Å²) in [5.41, 5.74) is 0. The predicted octanol–water partition coefficient (Wildman–Crippen LogP) is 20.5. The van der Waals surface area contributed by atoms with Crippen molar-refractivity contribution < 1.29 is 42.9 Å². The van der Waals surface area contributed by atoms with Crippen molar-refractivity contribution in [2.24, 2.45) is 0 Å². The number of hydrogen-bond acceptors (Lipinski definition) is 8. The Labute approximate surface area is 524 Å². The number of quaternary nitrogens is 1. The van der Waals surface area contributed by atoms with Crippen molar-refractivity contribution in [2.45, 2.75) is 309 Å². The first-order valence-electron chi connectivity index (χ1n) is 35.0. The molecule has 0 fully saturated rings. The second-order valence-electron chi connectivity index (χ2n) is 24.4. The van der Waals surface area contributed by atoms with Crippen molar-refractivity contribution in [2.75, 3.05) is 47.5 Å². The molecule has 9 heteroatoms. The van der Waals surface area contributed by atoms with Gasteiger partial charge in [-0.3, -0.25) is 9.59 Å². The molecule has 0 spiro atoms. The molecule has 0 radical (unpaired) electrons. The Morgan fingerprint density at radius 2 is 0.671 bits per heavy atom. The van der Waals surface area contributed by atoms with Gasteiger partial charge in [-0.25, -0.2) is 0 Å². The molecular formula is C76H131NO8. The molecule has 0 amide bonds. The molecule has 488 valence electrons. The summed E-state index contributed by atoms with van der Waals surface area (Å²) in [6.45, 7) is 4.64. The average Bonchev–Trinajstić information content (AvgIpc) is 3.49. The quantitative estimate of drug-likeness (QED) is 0.0195. The fraction of sp³-hybridized carbons (Fsp3) is 0.724. The molecule has 0 aliphatic heterocycles. The van der Waals surface area contributed by atoms with Crippen molar-refractivity contribution >= 4 is 17.9 Å². The molecule has 0 aliphatic carbocycles. The third-order valence-electron chi connectivity index (χ3n) is 15.0. The molecule has 0 saturated carbocycles. The van der Waals surface area contributed by atoms with Gasteiger partial charge in [0.05, 0.1) is 40.3 Å². The van der Waals surface area contributed by atoms with Crippen LogP contribution in [-0.4, -0.2) is 82.3 Å². The topological polar surface area (TPSA) is 111 Å². The Morgan fingerprint density at radius 1 is 0.365 bits per heavy atom. The Morgan fingerprint density at radius 3 is 1.00 bits per heavy atom. The summed E-state index contributed by atoms with van der Waals surface area (Å²) in [5.74, 6) is -2.28. The standard InChI is InChI=1S/C76H131NO8/c1-6-8-10-12-14-16-18-20-22-24-26-28-30-32-34-35-36-37-38-39-41-43-45-47-49-51-53-55-57-59-61-63-65-67-74(79)85-72(71-84-76(75(80)81)82-69-68-77(3,4)5)70-83-73(78)66-64-62-60-58-56-54-52-50-48-46-44-42-40-33-31-29-27-25-23-21-19-17-15-13-11-9-7-2/h8,10,14,16,19-22,25-28,31-34,36-37,72,76H,6-7,9,11-13,15,17-18,23-24,29-30,35,38-71H2,1-5H3/b10-8-,16-14-,21-19-,22-20-,27-25-,28-26-,33-31-,34-32-,37-36-. The van der Waals surface area contributed by atoms with E-state index in [2.05, 4.69) is 123 Å². The number of likely N-dealkylation sites (N-methyl/N-ethyl adjacent to an activating group) is 1. The number of allylic oxidation sites excluding steroid dienone is 18. The zero-order valence-electron chi connectivity index (χ0n) is 55.7. The lowest BCUT2D eigenvalue weighted by atomic mass is 10.0. The summed E-state index contributed by atoms with van der Waals surface area (Å²) >= 11 is 0. The van der Waals surface area contributed by atoms with Crippen LogP contribution in [0.5, 0.6) is 0 Å². The molecule has 0 aromatic carbocycles. The van der Waals surface area contributed by atoms with Gasteiger partial charge in [0.1, 0.15) is 13.2 Å². The van der Waals surface area contributed by atoms with E-state index in [1.807, 2.05) is 21.1 Å². The molecule has 85 heavy (non-hydrogen) atoms. The van der Waals surface area contributed by atoms with E-state index >= 15 is 0 Å². The highest BCUT2D eigenvalue weighted by Crippen LogP contribution is 2.17. The maximum atomic E-state index is 12.9. The van der Waals surface area contributed by atoms with Crippen LogP contribution in [-0.2, 0) is 33.3 Å². The molecule has 0 heterocycles. The molecule has 0 bridgehead atoms. The van der Waals surface area contributed by atoms with E-state index in [-0.39, 0.29) is 38.6 Å². The van der Waals surface area contributed by atoms with Gasteiger partial charge in [-0.15, -0.1) is 0 Å². The molecule has 0 aliphatic rings. The van der Waals surface area contributed by atoms with Crippen LogP contribution in [0.2, 0.25) is 0 Å². The molecule has 2 unspecified atom stereocenters. The first-order valence-corrected chi connectivity index (χ1v) is 35.0. The van der Waals surface area contributed by atoms with Gasteiger partial charge in [0.25, 0.3) is 0 Å². The molecule has 0 rings (SSSR count). The molecule has 0 aromatic rings. The first kappa shape index (κ1) is 81.0. The maximum absolute atomic E-state index is 12.9. The number of carboxylic acid groups (broad SMARTS) is 1. The van der Waals surface area contributed by atoms with E-state index in [9.17, 15) is 19.5 Å². The van der Waals surface area contributed by atoms with Crippen molar-refractivity contribution in [3.05, 3.63) is 109 Å². The number of esters is 2. The van der Waals surface area contributed by atoms with Gasteiger partial charge in [-0.05, 0) is 103 Å². The van der Waals surface area contributed by atoms with Gasteiger partial charge < -0.3 is 33.3 Å². The van der Waals surface area contributed by atoms with Crippen LogP contribution in [0.3, 0.4) is 0 Å². The van der Waals surface area contributed by atoms with E-state index in [1.165, 1.54) is 173 Å². The SMILES string of the molecule is CC/C=C\C/C=C\C/C=C\C/C=C\C/C=C\C/C=C\CCCCCCCCCCCCCCCCC(=O)OC(COC(=O)CCCCCCCCCCCCCC/C=C\C/C=C\C/C=C\CCCCCCC)COC(OCC[N+](C)(C)C)C(=O)[O-]. The number of unbranched alkanes of at least 4 members (excludes halogenated alkanes) is 31. The molecule has 0 saturated heterocycles. The average molecular weight is 1190 g/mol. The Hall–Kier alpha value is -4.05. The summed E-state index contributed by atoms with van der Waals surface area (Å²) in [5, 5.41) is 11.8. The van der Waals surface area contributed by atoms with Crippen molar-refractivity contribution in [1.29, 1.82) is 0 Å². The van der Waals surface area contributed by atoms with Crippen molar-refractivity contribution in [3.8, 4) is 0 Å². The fourth-order valence-corrected chi connectivity index (χ4v) is 9.67. The Balaban J connectivity index is 4.13. The first-order chi connectivity index (χ1) is 41.6. The number of hydrogen-bond donors (Lipinski definition) is 0. The van der Waals surface area contributed by atoms with E-state index < -0.39 is 24.3 Å². The van der Waals surface area contributed by atoms with Crippen LogP contribution in [0.1, 0.15) is 296 Å². The minimum atomic E-state index is -1.63. The summed E-state index contributed by atoms with van der Waals surface area (Å²) in [4.78, 5) is 37.5. The van der Waals surface area contributed by atoms with E-state index in [0.29, 0.717) is 17.4 Å². The van der Waals surface area contributed by atoms with Crippen LogP contribution in [0.4, 0.5) is 0 Å².